The number of benzene rings is 3. The molecule has 1 atom stereocenters. The summed E-state index contributed by atoms with van der Waals surface area (Å²) in [5.41, 5.74) is 6.72. The molecule has 0 amide bonds. The second-order valence-corrected chi connectivity index (χ2v) is 7.44. The van der Waals surface area contributed by atoms with E-state index in [-0.39, 0.29) is 6.04 Å². The Hall–Kier alpha value is -3.26. The molecule has 1 aromatic heterocycles. The summed E-state index contributed by atoms with van der Waals surface area (Å²) >= 11 is 0. The summed E-state index contributed by atoms with van der Waals surface area (Å²) in [6.45, 7) is 1.03. The van der Waals surface area contributed by atoms with E-state index in [9.17, 15) is 0 Å². The molecular formula is C26H24N2. The Morgan fingerprint density at radius 2 is 1.57 bits per heavy atom. The fraction of sp³-hybridized carbons (Fsp3) is 0.154. The molecule has 0 fully saturated rings. The zero-order valence-electron chi connectivity index (χ0n) is 15.9. The lowest BCUT2D eigenvalue weighted by atomic mass is 9.92. The van der Waals surface area contributed by atoms with Crippen molar-refractivity contribution in [3.05, 3.63) is 120 Å². The minimum atomic E-state index is 0.226. The van der Waals surface area contributed by atoms with Gasteiger partial charge in [-0.3, -0.25) is 0 Å². The number of nitrogens with one attached hydrogen (secondary N) is 1. The summed E-state index contributed by atoms with van der Waals surface area (Å²) in [5.74, 6) is 0. The van der Waals surface area contributed by atoms with E-state index in [1.807, 2.05) is 0 Å². The molecule has 0 bridgehead atoms. The number of allylic oxidation sites excluding steroid dienone is 1. The number of H-pyrrole nitrogens is 1. The third-order valence-electron chi connectivity index (χ3n) is 5.68. The number of fused-ring (bicyclic) bond motifs is 3. The fourth-order valence-electron chi connectivity index (χ4n) is 4.35. The Bertz CT molecular complexity index is 1090. The van der Waals surface area contributed by atoms with Gasteiger partial charge in [-0.25, -0.2) is 0 Å². The van der Waals surface area contributed by atoms with E-state index < -0.39 is 0 Å². The van der Waals surface area contributed by atoms with Crippen molar-refractivity contribution in [2.45, 2.75) is 18.9 Å². The van der Waals surface area contributed by atoms with Crippen molar-refractivity contribution < 1.29 is 0 Å². The summed E-state index contributed by atoms with van der Waals surface area (Å²) in [7, 11) is 0. The molecule has 0 spiro atoms. The van der Waals surface area contributed by atoms with Crippen LogP contribution in [0.4, 0.5) is 0 Å². The van der Waals surface area contributed by atoms with Crippen LogP contribution < -0.4 is 0 Å². The summed E-state index contributed by atoms with van der Waals surface area (Å²) in [6, 6.07) is 30.4. The predicted molar refractivity (Wildman–Crippen MR) is 116 cm³/mol. The summed E-state index contributed by atoms with van der Waals surface area (Å²) < 4.78 is 0. The number of hydrogen-bond donors (Lipinski definition) is 1. The number of aromatic nitrogens is 1. The maximum atomic E-state index is 3.73. The van der Waals surface area contributed by atoms with Crippen molar-refractivity contribution in [3.63, 3.8) is 0 Å². The van der Waals surface area contributed by atoms with E-state index in [0.717, 1.165) is 19.4 Å². The van der Waals surface area contributed by atoms with Crippen LogP contribution in [0.2, 0.25) is 0 Å². The van der Waals surface area contributed by atoms with Gasteiger partial charge in [-0.2, -0.15) is 0 Å². The highest BCUT2D eigenvalue weighted by Crippen LogP contribution is 2.38. The minimum absolute atomic E-state index is 0.226. The van der Waals surface area contributed by atoms with Crippen LogP contribution >= 0.6 is 0 Å². The third-order valence-corrected chi connectivity index (χ3v) is 5.68. The fourth-order valence-corrected chi connectivity index (χ4v) is 4.35. The first kappa shape index (κ1) is 16.9. The van der Waals surface area contributed by atoms with E-state index in [0.29, 0.717) is 0 Å². The quantitative estimate of drug-likeness (QED) is 0.480. The molecule has 138 valence electrons. The molecule has 3 aromatic carbocycles. The van der Waals surface area contributed by atoms with Gasteiger partial charge >= 0.3 is 0 Å². The smallest absolute Gasteiger partial charge is 0.0941 e. The molecule has 2 heterocycles. The molecule has 5 rings (SSSR count). The van der Waals surface area contributed by atoms with Crippen LogP contribution in [0.1, 0.15) is 28.4 Å². The van der Waals surface area contributed by atoms with Crippen molar-refractivity contribution in [1.29, 1.82) is 0 Å². The molecule has 1 aliphatic rings. The first-order valence-corrected chi connectivity index (χ1v) is 10.0. The maximum absolute atomic E-state index is 3.73. The van der Waals surface area contributed by atoms with Gasteiger partial charge in [0.05, 0.1) is 6.04 Å². The summed E-state index contributed by atoms with van der Waals surface area (Å²) in [6.07, 6.45) is 6.61. The molecule has 1 N–H and O–H groups in total. The molecule has 28 heavy (non-hydrogen) atoms. The first-order valence-electron chi connectivity index (χ1n) is 10.0. The lowest BCUT2D eigenvalue weighted by Gasteiger charge is -2.35. The average molecular weight is 364 g/mol. The molecule has 2 nitrogen and oxygen atoms in total. The van der Waals surface area contributed by atoms with Gasteiger partial charge < -0.3 is 9.88 Å². The second-order valence-electron chi connectivity index (χ2n) is 7.44. The highest BCUT2D eigenvalue weighted by atomic mass is 15.2. The van der Waals surface area contributed by atoms with Gasteiger partial charge in [0.15, 0.2) is 0 Å². The molecule has 1 unspecified atom stereocenters. The van der Waals surface area contributed by atoms with E-state index >= 15 is 0 Å². The van der Waals surface area contributed by atoms with Crippen molar-refractivity contribution in [1.82, 2.24) is 9.88 Å². The van der Waals surface area contributed by atoms with Gasteiger partial charge in [-0.05, 0) is 41.8 Å². The molecule has 2 heteroatoms. The van der Waals surface area contributed by atoms with Crippen molar-refractivity contribution in [2.24, 2.45) is 0 Å². The van der Waals surface area contributed by atoms with Gasteiger partial charge in [-0.1, -0.05) is 84.9 Å². The zero-order valence-corrected chi connectivity index (χ0v) is 15.9. The zero-order chi connectivity index (χ0) is 18.8. The van der Waals surface area contributed by atoms with Gasteiger partial charge in [0.2, 0.25) is 0 Å². The third kappa shape index (κ3) is 3.11. The second kappa shape index (κ2) is 7.40. The van der Waals surface area contributed by atoms with Gasteiger partial charge in [0, 0.05) is 23.1 Å². The Labute approximate surface area is 166 Å². The monoisotopic (exact) mass is 364 g/mol. The maximum Gasteiger partial charge on any atom is 0.0941 e. The first-order chi connectivity index (χ1) is 13.9. The normalized spacial score (nSPS) is 16.6. The molecule has 0 saturated carbocycles. The molecule has 4 aromatic rings. The van der Waals surface area contributed by atoms with Crippen LogP contribution in [0, 0.1) is 0 Å². The molecule has 0 radical (unpaired) electrons. The molecule has 0 aliphatic carbocycles. The number of nitrogens with zero attached hydrogens (tertiary/aromatic N) is 1. The molecule has 1 aliphatic heterocycles. The molecular weight excluding hydrogens is 340 g/mol. The van der Waals surface area contributed by atoms with E-state index in [1.54, 1.807) is 0 Å². The summed E-state index contributed by atoms with van der Waals surface area (Å²) in [4.78, 5) is 6.21. The van der Waals surface area contributed by atoms with Crippen molar-refractivity contribution in [2.75, 3.05) is 6.54 Å². The Kier molecular flexibility index (Phi) is 4.46. The van der Waals surface area contributed by atoms with Crippen LogP contribution in [0.3, 0.4) is 0 Å². The van der Waals surface area contributed by atoms with Crippen molar-refractivity contribution >= 4 is 10.9 Å². The SMILES string of the molecule is C(=CN1CCc2c([nH]c3ccccc23)C1c1ccccc1)Cc1ccccc1. The predicted octanol–water partition coefficient (Wildman–Crippen LogP) is 5.87. The topological polar surface area (TPSA) is 19.0 Å². The average Bonchev–Trinajstić information content (AvgIpc) is 3.13. The van der Waals surface area contributed by atoms with Gasteiger partial charge in [0.1, 0.15) is 0 Å². The molecule has 0 saturated heterocycles. The van der Waals surface area contributed by atoms with E-state index in [2.05, 4.69) is 107 Å². The number of para-hydroxylation sites is 1. The van der Waals surface area contributed by atoms with E-state index in [1.165, 1.54) is 33.3 Å². The lowest BCUT2D eigenvalue weighted by molar-refractivity contribution is 0.297. The van der Waals surface area contributed by atoms with Crippen LogP contribution in [0.5, 0.6) is 0 Å². The number of aromatic amines is 1. The largest absolute Gasteiger partial charge is 0.365 e. The van der Waals surface area contributed by atoms with Crippen LogP contribution in [-0.4, -0.2) is 16.4 Å². The lowest BCUT2D eigenvalue weighted by Crippen LogP contribution is -2.32. The van der Waals surface area contributed by atoms with Gasteiger partial charge in [-0.15, -0.1) is 0 Å². The van der Waals surface area contributed by atoms with E-state index in [4.69, 9.17) is 0 Å². The Morgan fingerprint density at radius 3 is 2.39 bits per heavy atom. The Morgan fingerprint density at radius 1 is 0.857 bits per heavy atom. The van der Waals surface area contributed by atoms with Crippen LogP contribution in [0.25, 0.3) is 10.9 Å². The highest BCUT2D eigenvalue weighted by molar-refractivity contribution is 5.85. The minimum Gasteiger partial charge on any atom is -0.365 e. The highest BCUT2D eigenvalue weighted by Gasteiger charge is 2.29. The van der Waals surface area contributed by atoms with Crippen LogP contribution in [0.15, 0.2) is 97.2 Å². The number of rotatable bonds is 4. The Balaban J connectivity index is 1.52. The van der Waals surface area contributed by atoms with Crippen LogP contribution in [-0.2, 0) is 12.8 Å². The standard InChI is InChI=1S/C26H24N2/c1-3-10-20(11-4-1)12-9-18-28-19-17-23-22-15-7-8-16-24(22)27-25(23)26(28)21-13-5-2-6-14-21/h1-11,13-16,18,26-27H,12,17,19H2. The summed E-state index contributed by atoms with van der Waals surface area (Å²) in [5, 5.41) is 1.37. The number of hydrogen-bond acceptors (Lipinski definition) is 1. The van der Waals surface area contributed by atoms with Crippen molar-refractivity contribution in [3.8, 4) is 0 Å². The van der Waals surface area contributed by atoms with Gasteiger partial charge in [0.25, 0.3) is 0 Å².